The molecule has 3 nitrogen and oxygen atoms in total. The zero-order valence-electron chi connectivity index (χ0n) is 10.5. The van der Waals surface area contributed by atoms with Crippen molar-refractivity contribution < 1.29 is 14.6 Å². The van der Waals surface area contributed by atoms with Crippen LogP contribution in [0.25, 0.3) is 0 Å². The van der Waals surface area contributed by atoms with Gasteiger partial charge in [-0.1, -0.05) is 26.2 Å². The fourth-order valence-electron chi connectivity index (χ4n) is 1.85. The Labute approximate surface area is 102 Å². The highest BCUT2D eigenvalue weighted by Gasteiger charge is 2.08. The number of carboxylic acid groups (broad SMARTS) is 1. The Hall–Kier alpha value is -1.51. The summed E-state index contributed by atoms with van der Waals surface area (Å²) in [5.74, 6) is -0.103. The molecule has 1 aromatic rings. The molecule has 0 aliphatic carbocycles. The Kier molecular flexibility index (Phi) is 5.53. The number of ether oxygens (including phenoxy) is 1. The van der Waals surface area contributed by atoms with Gasteiger partial charge in [0.25, 0.3) is 0 Å². The summed E-state index contributed by atoms with van der Waals surface area (Å²) in [5, 5.41) is 8.94. The van der Waals surface area contributed by atoms with Crippen molar-refractivity contribution >= 4 is 5.97 Å². The highest BCUT2D eigenvalue weighted by atomic mass is 16.5. The number of carbonyl (C=O) groups is 1. The highest BCUT2D eigenvalue weighted by Crippen LogP contribution is 2.22. The van der Waals surface area contributed by atoms with E-state index in [1.165, 1.54) is 19.3 Å². The number of hydrogen-bond donors (Lipinski definition) is 1. The number of methoxy groups -OCH3 is 1. The first-order chi connectivity index (χ1) is 8.19. The molecule has 0 atom stereocenters. The lowest BCUT2D eigenvalue weighted by molar-refractivity contribution is 0.0696. The number of carboxylic acids is 1. The molecule has 0 saturated heterocycles. The minimum Gasteiger partial charge on any atom is -0.496 e. The van der Waals surface area contributed by atoms with Gasteiger partial charge in [0.15, 0.2) is 0 Å². The third-order valence-corrected chi connectivity index (χ3v) is 2.83. The van der Waals surface area contributed by atoms with Crippen molar-refractivity contribution in [3.8, 4) is 5.75 Å². The summed E-state index contributed by atoms with van der Waals surface area (Å²) in [4.78, 5) is 10.9. The summed E-state index contributed by atoms with van der Waals surface area (Å²) in [6, 6.07) is 5.03. The third-order valence-electron chi connectivity index (χ3n) is 2.83. The van der Waals surface area contributed by atoms with E-state index in [1.54, 1.807) is 25.3 Å². The van der Waals surface area contributed by atoms with E-state index >= 15 is 0 Å². The average Bonchev–Trinajstić information content (AvgIpc) is 2.34. The smallest absolute Gasteiger partial charge is 0.335 e. The normalized spacial score (nSPS) is 10.2. The number of rotatable bonds is 7. The molecule has 0 bridgehead atoms. The van der Waals surface area contributed by atoms with Crippen molar-refractivity contribution in [2.75, 3.05) is 7.11 Å². The molecule has 0 spiro atoms. The molecule has 17 heavy (non-hydrogen) atoms. The molecule has 3 heteroatoms. The van der Waals surface area contributed by atoms with Gasteiger partial charge in [-0.25, -0.2) is 4.79 Å². The van der Waals surface area contributed by atoms with Crippen LogP contribution in [0.15, 0.2) is 18.2 Å². The fourth-order valence-corrected chi connectivity index (χ4v) is 1.85. The van der Waals surface area contributed by atoms with Gasteiger partial charge in [0, 0.05) is 0 Å². The standard InChI is InChI=1S/C14H20O3/c1-3-4-5-6-7-11-10-12(14(15)16)8-9-13(11)17-2/h8-10H,3-7H2,1-2H3,(H,15,16). The van der Waals surface area contributed by atoms with Crippen LogP contribution in [0.4, 0.5) is 0 Å². The van der Waals surface area contributed by atoms with Gasteiger partial charge in [-0.05, 0) is 36.6 Å². The van der Waals surface area contributed by atoms with Crippen molar-refractivity contribution in [2.45, 2.75) is 39.0 Å². The minimum absolute atomic E-state index is 0.330. The molecule has 0 heterocycles. The van der Waals surface area contributed by atoms with Gasteiger partial charge in [-0.2, -0.15) is 0 Å². The Bertz CT molecular complexity index is 372. The maximum atomic E-state index is 10.9. The van der Waals surface area contributed by atoms with Crippen molar-refractivity contribution in [3.63, 3.8) is 0 Å². The Morgan fingerprint density at radius 1 is 1.29 bits per heavy atom. The fraction of sp³-hybridized carbons (Fsp3) is 0.500. The predicted octanol–water partition coefficient (Wildman–Crippen LogP) is 3.52. The maximum Gasteiger partial charge on any atom is 0.335 e. The van der Waals surface area contributed by atoms with Gasteiger partial charge in [0.1, 0.15) is 5.75 Å². The van der Waals surface area contributed by atoms with Crippen LogP contribution in [0.3, 0.4) is 0 Å². The quantitative estimate of drug-likeness (QED) is 0.737. The van der Waals surface area contributed by atoms with Gasteiger partial charge in [0.2, 0.25) is 0 Å². The van der Waals surface area contributed by atoms with E-state index < -0.39 is 5.97 Å². The van der Waals surface area contributed by atoms with E-state index in [9.17, 15) is 4.79 Å². The molecule has 0 amide bonds. The van der Waals surface area contributed by atoms with Gasteiger partial charge in [0.05, 0.1) is 12.7 Å². The highest BCUT2D eigenvalue weighted by molar-refractivity contribution is 5.88. The van der Waals surface area contributed by atoms with Crippen LogP contribution in [0.1, 0.15) is 48.5 Å². The molecular weight excluding hydrogens is 216 g/mol. The van der Waals surface area contributed by atoms with Crippen molar-refractivity contribution in [1.82, 2.24) is 0 Å². The zero-order valence-corrected chi connectivity index (χ0v) is 10.5. The monoisotopic (exact) mass is 236 g/mol. The molecule has 1 N–H and O–H groups in total. The lowest BCUT2D eigenvalue weighted by atomic mass is 10.0. The summed E-state index contributed by atoms with van der Waals surface area (Å²) >= 11 is 0. The van der Waals surface area contributed by atoms with Crippen LogP contribution in [0.2, 0.25) is 0 Å². The molecule has 0 aromatic heterocycles. The molecule has 0 aliphatic rings. The number of aryl methyl sites for hydroxylation is 1. The van der Waals surface area contributed by atoms with E-state index in [0.29, 0.717) is 5.56 Å². The molecule has 1 rings (SSSR count). The Morgan fingerprint density at radius 2 is 2.06 bits per heavy atom. The predicted molar refractivity (Wildman–Crippen MR) is 67.8 cm³/mol. The number of benzene rings is 1. The van der Waals surface area contributed by atoms with Crippen LogP contribution in [-0.2, 0) is 6.42 Å². The Morgan fingerprint density at radius 3 is 2.65 bits per heavy atom. The zero-order chi connectivity index (χ0) is 12.7. The second-order valence-corrected chi connectivity index (χ2v) is 4.14. The summed E-state index contributed by atoms with van der Waals surface area (Å²) in [6.07, 6.45) is 5.56. The van der Waals surface area contributed by atoms with Gasteiger partial charge in [-0.15, -0.1) is 0 Å². The van der Waals surface area contributed by atoms with Gasteiger partial charge in [-0.3, -0.25) is 0 Å². The maximum absolute atomic E-state index is 10.9. The molecule has 0 unspecified atom stereocenters. The third kappa shape index (κ3) is 4.10. The molecule has 94 valence electrons. The van der Waals surface area contributed by atoms with Crippen LogP contribution in [0.5, 0.6) is 5.75 Å². The lowest BCUT2D eigenvalue weighted by Crippen LogP contribution is -2.00. The first-order valence-electron chi connectivity index (χ1n) is 6.09. The van der Waals surface area contributed by atoms with Crippen molar-refractivity contribution in [1.29, 1.82) is 0 Å². The first kappa shape index (κ1) is 13.6. The summed E-state index contributed by atoms with van der Waals surface area (Å²) < 4.78 is 5.24. The topological polar surface area (TPSA) is 46.5 Å². The van der Waals surface area contributed by atoms with E-state index in [4.69, 9.17) is 9.84 Å². The summed E-state index contributed by atoms with van der Waals surface area (Å²) in [7, 11) is 1.62. The largest absolute Gasteiger partial charge is 0.496 e. The molecule has 0 fully saturated rings. The van der Waals surface area contributed by atoms with E-state index in [1.807, 2.05) is 0 Å². The second-order valence-electron chi connectivity index (χ2n) is 4.14. The molecule has 1 aromatic carbocycles. The Balaban J connectivity index is 2.72. The average molecular weight is 236 g/mol. The second kappa shape index (κ2) is 6.94. The number of aromatic carboxylic acids is 1. The van der Waals surface area contributed by atoms with Crippen LogP contribution < -0.4 is 4.74 Å². The van der Waals surface area contributed by atoms with Gasteiger partial charge >= 0.3 is 5.97 Å². The van der Waals surface area contributed by atoms with Crippen LogP contribution in [0, 0.1) is 0 Å². The molecular formula is C14H20O3. The van der Waals surface area contributed by atoms with Crippen molar-refractivity contribution in [3.05, 3.63) is 29.3 Å². The van der Waals surface area contributed by atoms with Crippen LogP contribution in [-0.4, -0.2) is 18.2 Å². The van der Waals surface area contributed by atoms with E-state index in [2.05, 4.69) is 6.92 Å². The first-order valence-corrected chi connectivity index (χ1v) is 6.09. The summed E-state index contributed by atoms with van der Waals surface area (Å²) in [6.45, 7) is 2.17. The molecule has 0 aliphatic heterocycles. The van der Waals surface area contributed by atoms with Crippen LogP contribution >= 0.6 is 0 Å². The number of unbranched alkanes of at least 4 members (excludes halogenated alkanes) is 3. The van der Waals surface area contributed by atoms with E-state index in [-0.39, 0.29) is 0 Å². The summed E-state index contributed by atoms with van der Waals surface area (Å²) in [5.41, 5.74) is 1.32. The van der Waals surface area contributed by atoms with Crippen molar-refractivity contribution in [2.24, 2.45) is 0 Å². The molecule has 0 radical (unpaired) electrons. The van der Waals surface area contributed by atoms with Gasteiger partial charge < -0.3 is 9.84 Å². The minimum atomic E-state index is -0.887. The SMILES string of the molecule is CCCCCCc1cc(C(=O)O)ccc1OC. The number of hydrogen-bond acceptors (Lipinski definition) is 2. The van der Waals surface area contributed by atoms with E-state index in [0.717, 1.165) is 24.2 Å². The molecule has 0 saturated carbocycles. The lowest BCUT2D eigenvalue weighted by Gasteiger charge is -2.09.